The molecule has 0 N–H and O–H groups in total. The maximum Gasteiger partial charge on any atom is 0.0630 e. The molecule has 0 aromatic heterocycles. The van der Waals surface area contributed by atoms with E-state index in [1.54, 1.807) is 0 Å². The van der Waals surface area contributed by atoms with E-state index in [1.807, 2.05) is 0 Å². The van der Waals surface area contributed by atoms with Crippen LogP contribution in [0, 0.1) is 5.41 Å². The monoisotopic (exact) mass is 156 g/mol. The highest BCUT2D eigenvalue weighted by molar-refractivity contribution is 4.87. The summed E-state index contributed by atoms with van der Waals surface area (Å²) in [6, 6.07) is 0. The molecule has 1 heterocycles. The van der Waals surface area contributed by atoms with Gasteiger partial charge in [-0.3, -0.25) is 0 Å². The molecule has 0 saturated carbocycles. The maximum atomic E-state index is 5.89. The van der Waals surface area contributed by atoms with E-state index in [9.17, 15) is 0 Å². The second-order valence-electron chi connectivity index (χ2n) is 5.01. The minimum absolute atomic E-state index is 0.106. The summed E-state index contributed by atoms with van der Waals surface area (Å²) >= 11 is 0. The minimum Gasteiger partial charge on any atom is -0.372 e. The number of hydrogen-bond acceptors (Lipinski definition) is 1. The molecule has 1 nitrogen and oxygen atoms in total. The van der Waals surface area contributed by atoms with E-state index in [1.165, 1.54) is 12.8 Å². The quantitative estimate of drug-likeness (QED) is 0.524. The van der Waals surface area contributed by atoms with Crippen molar-refractivity contribution in [3.63, 3.8) is 0 Å². The van der Waals surface area contributed by atoms with Gasteiger partial charge in [0.25, 0.3) is 0 Å². The van der Waals surface area contributed by atoms with Gasteiger partial charge < -0.3 is 4.74 Å². The van der Waals surface area contributed by atoms with Crippen LogP contribution in [0.1, 0.15) is 47.5 Å². The van der Waals surface area contributed by atoms with Crippen molar-refractivity contribution in [1.82, 2.24) is 0 Å². The summed E-state index contributed by atoms with van der Waals surface area (Å²) in [5, 5.41) is 0. The maximum absolute atomic E-state index is 5.89. The fourth-order valence-electron chi connectivity index (χ4n) is 1.52. The molecule has 0 spiro atoms. The van der Waals surface area contributed by atoms with Gasteiger partial charge in [-0.25, -0.2) is 0 Å². The summed E-state index contributed by atoms with van der Waals surface area (Å²) in [4.78, 5) is 0. The molecule has 1 heteroatoms. The summed E-state index contributed by atoms with van der Waals surface area (Å²) in [6.45, 7) is 11.1. The largest absolute Gasteiger partial charge is 0.372 e. The van der Waals surface area contributed by atoms with Crippen LogP contribution in [0.15, 0.2) is 0 Å². The van der Waals surface area contributed by atoms with Gasteiger partial charge in [-0.05, 0) is 39.0 Å². The van der Waals surface area contributed by atoms with Gasteiger partial charge in [0.15, 0.2) is 0 Å². The Kier molecular flexibility index (Phi) is 2.04. The number of ether oxygens (including phenoxy) is 1. The van der Waals surface area contributed by atoms with Crippen molar-refractivity contribution in [2.75, 3.05) is 0 Å². The van der Waals surface area contributed by atoms with Gasteiger partial charge in [0.1, 0.15) is 0 Å². The first kappa shape index (κ1) is 9.05. The summed E-state index contributed by atoms with van der Waals surface area (Å²) in [5.74, 6) is 0. The van der Waals surface area contributed by atoms with E-state index >= 15 is 0 Å². The average Bonchev–Trinajstić information content (AvgIpc) is 1.81. The van der Waals surface area contributed by atoms with Gasteiger partial charge in [-0.15, -0.1) is 0 Å². The van der Waals surface area contributed by atoms with Crippen LogP contribution in [-0.2, 0) is 4.74 Å². The molecule has 1 atom stereocenters. The van der Waals surface area contributed by atoms with Crippen molar-refractivity contribution in [3.8, 4) is 0 Å². The van der Waals surface area contributed by atoms with Crippen LogP contribution in [0.2, 0.25) is 0 Å². The Morgan fingerprint density at radius 2 is 1.64 bits per heavy atom. The zero-order valence-electron chi connectivity index (χ0n) is 8.40. The molecule has 1 rings (SSSR count). The lowest BCUT2D eigenvalue weighted by Crippen LogP contribution is -2.43. The van der Waals surface area contributed by atoms with E-state index < -0.39 is 0 Å². The molecule has 1 saturated heterocycles. The van der Waals surface area contributed by atoms with Gasteiger partial charge >= 0.3 is 0 Å². The van der Waals surface area contributed by atoms with E-state index in [0.29, 0.717) is 11.5 Å². The van der Waals surface area contributed by atoms with Crippen LogP contribution < -0.4 is 0 Å². The van der Waals surface area contributed by atoms with Gasteiger partial charge in [-0.2, -0.15) is 0 Å². The highest BCUT2D eigenvalue weighted by Crippen LogP contribution is 2.39. The Labute approximate surface area is 70.1 Å². The lowest BCUT2D eigenvalue weighted by atomic mass is 9.77. The second-order valence-corrected chi connectivity index (χ2v) is 5.01. The Morgan fingerprint density at radius 1 is 1.09 bits per heavy atom. The molecule has 0 radical (unpaired) electrons. The molecule has 66 valence electrons. The van der Waals surface area contributed by atoms with Gasteiger partial charge in [0.05, 0.1) is 11.7 Å². The molecule has 0 aromatic carbocycles. The van der Waals surface area contributed by atoms with Crippen molar-refractivity contribution >= 4 is 0 Å². The van der Waals surface area contributed by atoms with E-state index in [0.717, 1.165) is 0 Å². The molecule has 11 heavy (non-hydrogen) atoms. The van der Waals surface area contributed by atoms with Gasteiger partial charge in [-0.1, -0.05) is 13.8 Å². The number of rotatable bonds is 0. The summed E-state index contributed by atoms with van der Waals surface area (Å²) < 4.78 is 5.89. The topological polar surface area (TPSA) is 9.23 Å². The Morgan fingerprint density at radius 3 is 2.00 bits per heavy atom. The zero-order valence-corrected chi connectivity index (χ0v) is 8.40. The molecule has 1 aliphatic heterocycles. The SMILES string of the molecule is CC1OC(C)(C)CCC1(C)C. The third-order valence-electron chi connectivity index (χ3n) is 2.97. The Hall–Kier alpha value is -0.0400. The molecule has 0 aliphatic carbocycles. The first-order valence-electron chi connectivity index (χ1n) is 4.51. The van der Waals surface area contributed by atoms with E-state index in [2.05, 4.69) is 34.6 Å². The number of hydrogen-bond donors (Lipinski definition) is 0. The molecular formula is C10H20O. The second kappa shape index (κ2) is 2.48. The van der Waals surface area contributed by atoms with Crippen LogP contribution in [0.5, 0.6) is 0 Å². The van der Waals surface area contributed by atoms with E-state index in [4.69, 9.17) is 4.74 Å². The van der Waals surface area contributed by atoms with Crippen molar-refractivity contribution in [2.45, 2.75) is 59.2 Å². The Bertz CT molecular complexity index is 147. The first-order chi connectivity index (χ1) is 4.83. The molecule has 0 aromatic rings. The Balaban J connectivity index is 2.63. The molecule has 1 fully saturated rings. The molecule has 1 unspecified atom stereocenters. The smallest absolute Gasteiger partial charge is 0.0630 e. The minimum atomic E-state index is 0.106. The van der Waals surface area contributed by atoms with Gasteiger partial charge in [0.2, 0.25) is 0 Å². The highest BCUT2D eigenvalue weighted by Gasteiger charge is 2.37. The van der Waals surface area contributed by atoms with Crippen molar-refractivity contribution in [1.29, 1.82) is 0 Å². The summed E-state index contributed by atoms with van der Waals surface area (Å²) in [6.07, 6.45) is 2.86. The predicted molar refractivity (Wildman–Crippen MR) is 47.6 cm³/mol. The van der Waals surface area contributed by atoms with Crippen molar-refractivity contribution < 1.29 is 4.74 Å². The third kappa shape index (κ3) is 1.96. The van der Waals surface area contributed by atoms with Crippen molar-refractivity contribution in [3.05, 3.63) is 0 Å². The van der Waals surface area contributed by atoms with Crippen LogP contribution in [0.4, 0.5) is 0 Å². The fraction of sp³-hybridized carbons (Fsp3) is 1.00. The summed E-state index contributed by atoms with van der Waals surface area (Å²) in [5.41, 5.74) is 0.477. The summed E-state index contributed by atoms with van der Waals surface area (Å²) in [7, 11) is 0. The van der Waals surface area contributed by atoms with E-state index in [-0.39, 0.29) is 5.60 Å². The molecule has 0 amide bonds. The van der Waals surface area contributed by atoms with Crippen LogP contribution >= 0.6 is 0 Å². The average molecular weight is 156 g/mol. The van der Waals surface area contributed by atoms with Crippen molar-refractivity contribution in [2.24, 2.45) is 5.41 Å². The fourth-order valence-corrected chi connectivity index (χ4v) is 1.52. The van der Waals surface area contributed by atoms with Crippen LogP contribution in [-0.4, -0.2) is 11.7 Å². The molecular weight excluding hydrogens is 136 g/mol. The van der Waals surface area contributed by atoms with Crippen LogP contribution in [0.3, 0.4) is 0 Å². The lowest BCUT2D eigenvalue weighted by molar-refractivity contribution is -0.153. The third-order valence-corrected chi connectivity index (χ3v) is 2.97. The highest BCUT2D eigenvalue weighted by atomic mass is 16.5. The predicted octanol–water partition coefficient (Wildman–Crippen LogP) is 2.99. The zero-order chi connectivity index (χ0) is 8.70. The normalized spacial score (nSPS) is 35.2. The first-order valence-corrected chi connectivity index (χ1v) is 4.51. The van der Waals surface area contributed by atoms with Gasteiger partial charge in [0, 0.05) is 0 Å². The molecule has 1 aliphatic rings. The lowest BCUT2D eigenvalue weighted by Gasteiger charge is -2.44. The standard InChI is InChI=1S/C10H20O/c1-8-9(2,3)6-7-10(4,5)11-8/h8H,6-7H2,1-5H3. The molecule has 0 bridgehead atoms. The van der Waals surface area contributed by atoms with Crippen LogP contribution in [0.25, 0.3) is 0 Å².